The molecule has 98 valence electrons. The van der Waals surface area contributed by atoms with Crippen LogP contribution in [-0.2, 0) is 0 Å². The van der Waals surface area contributed by atoms with Crippen molar-refractivity contribution in [2.45, 2.75) is 13.0 Å². The Morgan fingerprint density at radius 1 is 1.63 bits per heavy atom. The Bertz CT molecular complexity index is 697. The van der Waals surface area contributed by atoms with Crippen molar-refractivity contribution in [2.75, 3.05) is 7.11 Å². The molecule has 2 aromatic heterocycles. The lowest BCUT2D eigenvalue weighted by molar-refractivity contribution is -0.771. The van der Waals surface area contributed by atoms with Gasteiger partial charge in [-0.05, 0) is 6.07 Å². The summed E-state index contributed by atoms with van der Waals surface area (Å²) in [7, 11) is 1.52. The van der Waals surface area contributed by atoms with Crippen molar-refractivity contribution in [1.82, 2.24) is 9.67 Å². The molecule has 2 aromatic rings. The summed E-state index contributed by atoms with van der Waals surface area (Å²) in [6.45, 7) is 1.93. The van der Waals surface area contributed by atoms with Crippen molar-refractivity contribution < 1.29 is 14.3 Å². The highest BCUT2D eigenvalue weighted by molar-refractivity contribution is 6.30. The molecule has 0 amide bonds. The number of pyridine rings is 1. The van der Waals surface area contributed by atoms with Crippen LogP contribution >= 0.6 is 11.6 Å². The number of fused-ring (bicyclic) bond motifs is 3. The molecule has 0 bridgehead atoms. The number of hydrogen-bond donors (Lipinski definition) is 0. The first-order valence-corrected chi connectivity index (χ1v) is 5.93. The van der Waals surface area contributed by atoms with Gasteiger partial charge in [0.15, 0.2) is 17.1 Å². The van der Waals surface area contributed by atoms with Crippen LogP contribution in [0.4, 0.5) is 5.69 Å². The summed E-state index contributed by atoms with van der Waals surface area (Å²) in [4.78, 5) is 14.6. The molecule has 7 nitrogen and oxygen atoms in total. The molecular formula is C11H10ClN4O3+. The maximum atomic E-state index is 10.8. The van der Waals surface area contributed by atoms with E-state index in [1.165, 1.54) is 19.5 Å². The third kappa shape index (κ3) is 1.58. The molecule has 0 N–H and O–H groups in total. The van der Waals surface area contributed by atoms with Gasteiger partial charge in [-0.1, -0.05) is 16.3 Å². The fourth-order valence-corrected chi connectivity index (χ4v) is 2.45. The minimum Gasteiger partial charge on any atom is -0.494 e. The topological polar surface area (TPSA) is 74.1 Å². The molecule has 0 saturated heterocycles. The van der Waals surface area contributed by atoms with Gasteiger partial charge in [0.05, 0.1) is 17.6 Å². The van der Waals surface area contributed by atoms with Crippen LogP contribution < -0.4 is 9.42 Å². The average Bonchev–Trinajstić information content (AvgIpc) is 2.90. The number of rotatable bonds is 2. The third-order valence-corrected chi connectivity index (χ3v) is 3.49. The Morgan fingerprint density at radius 3 is 3.00 bits per heavy atom. The van der Waals surface area contributed by atoms with Gasteiger partial charge in [-0.2, -0.15) is 0 Å². The van der Waals surface area contributed by atoms with Crippen LogP contribution in [0.1, 0.15) is 18.5 Å². The molecular weight excluding hydrogens is 272 g/mol. The molecule has 1 atom stereocenters. The Kier molecular flexibility index (Phi) is 2.46. The number of nitrogens with zero attached hydrogens (tertiary/aromatic N) is 4. The van der Waals surface area contributed by atoms with Crippen LogP contribution in [0.25, 0.3) is 5.82 Å². The average molecular weight is 282 g/mol. The largest absolute Gasteiger partial charge is 0.494 e. The first kappa shape index (κ1) is 11.9. The summed E-state index contributed by atoms with van der Waals surface area (Å²) < 4.78 is 8.50. The smallest absolute Gasteiger partial charge is 0.356 e. The molecule has 0 fully saturated rings. The predicted molar refractivity (Wildman–Crippen MR) is 65.8 cm³/mol. The van der Waals surface area contributed by atoms with E-state index in [0.717, 1.165) is 5.56 Å². The van der Waals surface area contributed by atoms with Crippen LogP contribution in [0.3, 0.4) is 0 Å². The highest BCUT2D eigenvalue weighted by atomic mass is 35.5. The minimum atomic E-state index is -0.435. The van der Waals surface area contributed by atoms with Gasteiger partial charge in [-0.25, -0.2) is 4.98 Å². The number of nitro groups is 1. The maximum Gasteiger partial charge on any atom is 0.356 e. The molecule has 0 radical (unpaired) electrons. The normalized spacial score (nSPS) is 16.1. The van der Waals surface area contributed by atoms with Gasteiger partial charge in [0.2, 0.25) is 11.9 Å². The second kappa shape index (κ2) is 3.92. The minimum absolute atomic E-state index is 0.0197. The lowest BCUT2D eigenvalue weighted by Crippen LogP contribution is -2.39. The third-order valence-electron chi connectivity index (χ3n) is 3.21. The van der Waals surface area contributed by atoms with E-state index in [4.69, 9.17) is 16.3 Å². The molecule has 0 saturated carbocycles. The van der Waals surface area contributed by atoms with E-state index in [1.807, 2.05) is 6.92 Å². The molecule has 19 heavy (non-hydrogen) atoms. The molecule has 0 spiro atoms. The van der Waals surface area contributed by atoms with Crippen molar-refractivity contribution in [2.24, 2.45) is 0 Å². The molecule has 3 heterocycles. The van der Waals surface area contributed by atoms with Crippen LogP contribution in [0, 0.1) is 10.1 Å². The Labute approximate surface area is 113 Å². The van der Waals surface area contributed by atoms with E-state index in [1.54, 1.807) is 15.4 Å². The fraction of sp³-hybridized carbons (Fsp3) is 0.273. The molecule has 1 aliphatic rings. The summed E-state index contributed by atoms with van der Waals surface area (Å²) in [6, 6.07) is 1.74. The summed E-state index contributed by atoms with van der Waals surface area (Å²) >= 11 is 6.00. The molecule has 0 aromatic carbocycles. The molecule has 3 rings (SSSR count). The Balaban J connectivity index is 2.21. The number of aromatic nitrogens is 3. The maximum absolute atomic E-state index is 10.8. The van der Waals surface area contributed by atoms with Crippen molar-refractivity contribution in [3.8, 4) is 11.6 Å². The Hall–Kier alpha value is -2.15. The van der Waals surface area contributed by atoms with Gasteiger partial charge in [0, 0.05) is 6.92 Å². The first-order chi connectivity index (χ1) is 9.02. The van der Waals surface area contributed by atoms with E-state index in [0.29, 0.717) is 11.6 Å². The SMILES string of the molecule is COc1cc2c(nc1Cl)-n1cc([N+](=O)[O-])c[n+]1C2C. The highest BCUT2D eigenvalue weighted by Crippen LogP contribution is 2.33. The van der Waals surface area contributed by atoms with E-state index in [2.05, 4.69) is 4.98 Å². The second-order valence-corrected chi connectivity index (χ2v) is 4.59. The lowest BCUT2D eigenvalue weighted by Gasteiger charge is -2.04. The number of methoxy groups -OCH3 is 1. The second-order valence-electron chi connectivity index (χ2n) is 4.24. The predicted octanol–water partition coefficient (Wildman–Crippen LogP) is 1.65. The number of hydrogen-bond acceptors (Lipinski definition) is 4. The first-order valence-electron chi connectivity index (χ1n) is 5.56. The van der Waals surface area contributed by atoms with Gasteiger partial charge in [-0.15, -0.1) is 4.68 Å². The lowest BCUT2D eigenvalue weighted by atomic mass is 10.1. The zero-order chi connectivity index (χ0) is 13.7. The van der Waals surface area contributed by atoms with Gasteiger partial charge in [-0.3, -0.25) is 10.1 Å². The quantitative estimate of drug-likeness (QED) is 0.363. The zero-order valence-electron chi connectivity index (χ0n) is 10.2. The Morgan fingerprint density at radius 2 is 2.37 bits per heavy atom. The van der Waals surface area contributed by atoms with Crippen LogP contribution in [0.2, 0.25) is 5.15 Å². The monoisotopic (exact) mass is 281 g/mol. The summed E-state index contributed by atoms with van der Waals surface area (Å²) in [6.07, 6.45) is 2.91. The van der Waals surface area contributed by atoms with E-state index < -0.39 is 4.92 Å². The fourth-order valence-electron chi connectivity index (χ4n) is 2.24. The molecule has 1 unspecified atom stereocenters. The van der Waals surface area contributed by atoms with Crippen LogP contribution in [-0.4, -0.2) is 21.7 Å². The van der Waals surface area contributed by atoms with E-state index in [-0.39, 0.29) is 16.9 Å². The van der Waals surface area contributed by atoms with Gasteiger partial charge in [0.25, 0.3) is 6.20 Å². The highest BCUT2D eigenvalue weighted by Gasteiger charge is 2.38. The van der Waals surface area contributed by atoms with E-state index >= 15 is 0 Å². The van der Waals surface area contributed by atoms with Crippen LogP contribution in [0.5, 0.6) is 5.75 Å². The van der Waals surface area contributed by atoms with Crippen molar-refractivity contribution in [3.63, 3.8) is 0 Å². The van der Waals surface area contributed by atoms with Gasteiger partial charge < -0.3 is 4.74 Å². The van der Waals surface area contributed by atoms with Gasteiger partial charge >= 0.3 is 5.69 Å². The summed E-state index contributed by atoms with van der Waals surface area (Å²) in [5.74, 6) is 1.08. The van der Waals surface area contributed by atoms with Crippen molar-refractivity contribution in [3.05, 3.63) is 39.3 Å². The number of ether oxygens (including phenoxy) is 1. The van der Waals surface area contributed by atoms with Gasteiger partial charge in [0.1, 0.15) is 0 Å². The molecule has 1 aliphatic heterocycles. The zero-order valence-corrected chi connectivity index (χ0v) is 11.0. The standard InChI is InChI=1S/C11H10ClN4O3/c1-6-8-3-9(19-2)10(12)13-11(8)15-5-7(16(17)18)4-14(6)15/h3-6H,1-2H3/q+1. The van der Waals surface area contributed by atoms with Crippen molar-refractivity contribution >= 4 is 17.3 Å². The molecule has 8 heteroatoms. The number of halogens is 1. The molecule has 0 aliphatic carbocycles. The summed E-state index contributed by atoms with van der Waals surface area (Å²) in [5, 5.41) is 11.0. The summed E-state index contributed by atoms with van der Waals surface area (Å²) in [5.41, 5.74) is 0.933. The van der Waals surface area contributed by atoms with Crippen LogP contribution in [0.15, 0.2) is 18.5 Å². The van der Waals surface area contributed by atoms with Crippen molar-refractivity contribution in [1.29, 1.82) is 0 Å². The van der Waals surface area contributed by atoms with E-state index in [9.17, 15) is 10.1 Å².